The Balaban J connectivity index is 1.13. The van der Waals surface area contributed by atoms with E-state index in [9.17, 15) is 14.8 Å². The number of aromatic nitrogens is 3. The summed E-state index contributed by atoms with van der Waals surface area (Å²) in [5.41, 5.74) is 3.45. The number of rotatable bonds is 11. The van der Waals surface area contributed by atoms with Crippen LogP contribution in [0.4, 0.5) is 10.5 Å². The van der Waals surface area contributed by atoms with E-state index >= 15 is 0 Å². The fourth-order valence-corrected chi connectivity index (χ4v) is 7.58. The molecule has 3 saturated heterocycles. The number of halogens is 2. The monoisotopic (exact) mass is 745 g/mol. The number of para-hydroxylation sites is 1. The highest BCUT2D eigenvalue weighted by molar-refractivity contribution is 6.35. The summed E-state index contributed by atoms with van der Waals surface area (Å²) in [6.45, 7) is 3.00. The molecule has 8 rings (SSSR count). The quantitative estimate of drug-likeness (QED) is 0.0871. The van der Waals surface area contributed by atoms with Crippen LogP contribution in [0.25, 0.3) is 10.9 Å². The average Bonchev–Trinajstić information content (AvgIpc) is 3.65. The zero-order valence-electron chi connectivity index (χ0n) is 28.6. The Kier molecular flexibility index (Phi) is 10.4. The van der Waals surface area contributed by atoms with Gasteiger partial charge < -0.3 is 24.2 Å². The predicted octanol–water partition coefficient (Wildman–Crippen LogP) is 6.90. The summed E-state index contributed by atoms with van der Waals surface area (Å²) in [5, 5.41) is 20.3. The summed E-state index contributed by atoms with van der Waals surface area (Å²) >= 11 is 12.8. The van der Waals surface area contributed by atoms with Crippen molar-refractivity contribution in [1.82, 2.24) is 15.1 Å². The molecule has 52 heavy (non-hydrogen) atoms. The molecule has 1 unspecified atom stereocenters. The number of carbonyl (C=O) groups is 2. The van der Waals surface area contributed by atoms with Gasteiger partial charge in [0, 0.05) is 23.9 Å². The van der Waals surface area contributed by atoms with E-state index in [1.165, 1.54) is 26.6 Å². The van der Waals surface area contributed by atoms with E-state index in [4.69, 9.17) is 42.1 Å². The topological polar surface area (TPSA) is 133 Å². The Hall–Kier alpha value is -5.04. The van der Waals surface area contributed by atoms with Crippen LogP contribution in [0.1, 0.15) is 46.0 Å². The molecule has 5 aromatic rings. The Bertz CT molecular complexity index is 2060. The zero-order chi connectivity index (χ0) is 36.4. The molecular formula is C38H37Cl2N5O7. The molecule has 1 amide bonds. The van der Waals surface area contributed by atoms with Gasteiger partial charge in [-0.25, -0.2) is 9.59 Å². The minimum absolute atomic E-state index is 0.0770. The number of nitrogens with one attached hydrogen (secondary N) is 1. The fourth-order valence-electron chi connectivity index (χ4n) is 6.98. The molecule has 3 aromatic carbocycles. The number of anilines is 1. The van der Waals surface area contributed by atoms with Crippen molar-refractivity contribution in [2.24, 2.45) is 5.92 Å². The van der Waals surface area contributed by atoms with Crippen molar-refractivity contribution in [3.05, 3.63) is 117 Å². The van der Waals surface area contributed by atoms with E-state index in [0.29, 0.717) is 39.0 Å². The number of amides is 1. The summed E-state index contributed by atoms with van der Waals surface area (Å²) in [4.78, 5) is 31.6. The molecule has 3 fully saturated rings. The first kappa shape index (κ1) is 35.4. The first-order valence-corrected chi connectivity index (χ1v) is 17.7. The first-order valence-electron chi connectivity index (χ1n) is 16.9. The summed E-state index contributed by atoms with van der Waals surface area (Å²) in [7, 11) is 3.04. The SMILES string of the molecule is COc1ccc(C(Cc2c(Cl)c[n+]([O-])cc2Cl)OC(=O)c2ccc(CN(C(=O)O[C@H]3CN4CCC3CC4)c3cccc4cn[nH]c34)cc2)cc1OC. The van der Waals surface area contributed by atoms with Crippen molar-refractivity contribution in [3.63, 3.8) is 0 Å². The lowest BCUT2D eigenvalue weighted by molar-refractivity contribution is -0.605. The molecule has 0 aliphatic carbocycles. The van der Waals surface area contributed by atoms with Crippen LogP contribution in [0, 0.1) is 11.1 Å². The second-order valence-electron chi connectivity index (χ2n) is 13.0. The van der Waals surface area contributed by atoms with Gasteiger partial charge in [0.15, 0.2) is 23.9 Å². The number of ether oxygens (including phenoxy) is 4. The van der Waals surface area contributed by atoms with Crippen LogP contribution in [0.5, 0.6) is 11.5 Å². The maximum atomic E-state index is 13.9. The Morgan fingerprint density at radius 3 is 2.42 bits per heavy atom. The second-order valence-corrected chi connectivity index (χ2v) is 13.8. The number of piperidine rings is 3. The number of fused-ring (bicyclic) bond motifs is 4. The summed E-state index contributed by atoms with van der Waals surface area (Å²) in [6, 6.07) is 17.7. The van der Waals surface area contributed by atoms with Crippen molar-refractivity contribution in [2.45, 2.75) is 38.0 Å². The van der Waals surface area contributed by atoms with Gasteiger partial charge in [-0.2, -0.15) is 9.83 Å². The fraction of sp³-hybridized carbons (Fsp3) is 0.316. The van der Waals surface area contributed by atoms with Gasteiger partial charge in [0.25, 0.3) is 0 Å². The molecule has 0 radical (unpaired) electrons. The summed E-state index contributed by atoms with van der Waals surface area (Å²) in [6.07, 6.45) is 4.73. The molecule has 0 spiro atoms. The molecule has 3 aliphatic rings. The van der Waals surface area contributed by atoms with Crippen LogP contribution < -0.4 is 19.1 Å². The molecule has 2 bridgehead atoms. The third kappa shape index (κ3) is 7.45. The minimum atomic E-state index is -0.865. The predicted molar refractivity (Wildman–Crippen MR) is 195 cm³/mol. The van der Waals surface area contributed by atoms with E-state index in [0.717, 1.165) is 48.9 Å². The third-order valence-electron chi connectivity index (χ3n) is 9.82. The summed E-state index contributed by atoms with van der Waals surface area (Å²) in [5.74, 6) is 0.689. The number of benzene rings is 3. The molecule has 2 atom stereocenters. The van der Waals surface area contributed by atoms with Crippen LogP contribution in [0.3, 0.4) is 0 Å². The molecule has 270 valence electrons. The molecule has 3 aliphatic heterocycles. The minimum Gasteiger partial charge on any atom is -0.619 e. The maximum absolute atomic E-state index is 13.9. The Labute approximate surface area is 310 Å². The third-order valence-corrected chi connectivity index (χ3v) is 10.5. The van der Waals surface area contributed by atoms with Gasteiger partial charge >= 0.3 is 12.1 Å². The molecule has 14 heteroatoms. The van der Waals surface area contributed by atoms with E-state index in [2.05, 4.69) is 15.1 Å². The first-order chi connectivity index (χ1) is 25.2. The van der Waals surface area contributed by atoms with Crippen LogP contribution in [0.2, 0.25) is 10.0 Å². The summed E-state index contributed by atoms with van der Waals surface area (Å²) < 4.78 is 23.6. The standard InChI is InChI=1S/C38H37Cl2N5O7/c1-49-32-11-10-26(16-34(32)50-2)33(17-28-29(39)20-44(48)21-30(28)40)51-37(46)25-8-6-23(7-9-25)19-45(31-5-3-4-27-18-41-42-36(27)31)38(47)52-35-22-43-14-12-24(35)13-15-43/h3-11,16,18,20-21,24,33,35H,12-15,17,19,22H2,1-2H3,(H,41,42)/t33?,35-/m0/s1. The number of aromatic amines is 1. The van der Waals surface area contributed by atoms with Gasteiger partial charge in [-0.1, -0.05) is 53.5 Å². The number of nitrogens with zero attached hydrogens (tertiary/aromatic N) is 4. The van der Waals surface area contributed by atoms with Crippen molar-refractivity contribution in [3.8, 4) is 11.5 Å². The Morgan fingerprint density at radius 1 is 1.02 bits per heavy atom. The lowest BCUT2D eigenvalue weighted by Crippen LogP contribution is -2.53. The van der Waals surface area contributed by atoms with Crippen LogP contribution >= 0.6 is 23.2 Å². The molecule has 2 aromatic heterocycles. The van der Waals surface area contributed by atoms with Gasteiger partial charge in [-0.05, 0) is 73.3 Å². The number of hydrogen-bond acceptors (Lipinski definition) is 9. The lowest BCUT2D eigenvalue weighted by Gasteiger charge is -2.44. The van der Waals surface area contributed by atoms with Gasteiger partial charge in [-0.15, -0.1) is 0 Å². The van der Waals surface area contributed by atoms with Crippen molar-refractivity contribution in [2.75, 3.05) is 38.8 Å². The number of hydrogen-bond donors (Lipinski definition) is 1. The van der Waals surface area contributed by atoms with E-state index in [1.54, 1.807) is 53.6 Å². The largest absolute Gasteiger partial charge is 0.619 e. The molecule has 0 saturated carbocycles. The van der Waals surface area contributed by atoms with Crippen LogP contribution in [-0.2, 0) is 22.4 Å². The van der Waals surface area contributed by atoms with Crippen molar-refractivity contribution < 1.29 is 33.3 Å². The normalized spacial score (nSPS) is 18.5. The number of methoxy groups -OCH3 is 2. The smallest absolute Gasteiger partial charge is 0.414 e. The highest BCUT2D eigenvalue weighted by atomic mass is 35.5. The molecule has 12 nitrogen and oxygen atoms in total. The zero-order valence-corrected chi connectivity index (χ0v) is 30.1. The van der Waals surface area contributed by atoms with E-state index in [1.807, 2.05) is 18.2 Å². The lowest BCUT2D eigenvalue weighted by atomic mass is 9.86. The molecule has 1 N–H and O–H groups in total. The molecule has 5 heterocycles. The number of pyridine rings is 1. The average molecular weight is 747 g/mol. The molecular weight excluding hydrogens is 709 g/mol. The highest BCUT2D eigenvalue weighted by Gasteiger charge is 2.38. The number of H-pyrrole nitrogens is 1. The number of carbonyl (C=O) groups excluding carboxylic acids is 2. The van der Waals surface area contributed by atoms with Gasteiger partial charge in [-0.3, -0.25) is 14.9 Å². The van der Waals surface area contributed by atoms with Crippen molar-refractivity contribution in [1.29, 1.82) is 0 Å². The van der Waals surface area contributed by atoms with E-state index < -0.39 is 18.2 Å². The second kappa shape index (κ2) is 15.3. The van der Waals surface area contributed by atoms with Crippen molar-refractivity contribution >= 4 is 51.9 Å². The van der Waals surface area contributed by atoms with E-state index in [-0.39, 0.29) is 34.7 Å². The van der Waals surface area contributed by atoms with Crippen LogP contribution in [-0.4, -0.2) is 67.1 Å². The number of esters is 1. The highest BCUT2D eigenvalue weighted by Crippen LogP contribution is 2.36. The van der Waals surface area contributed by atoms with Gasteiger partial charge in [0.1, 0.15) is 22.3 Å². The maximum Gasteiger partial charge on any atom is 0.414 e. The van der Waals surface area contributed by atoms with Crippen LogP contribution in [0.15, 0.2) is 79.3 Å². The Morgan fingerprint density at radius 2 is 1.75 bits per heavy atom. The van der Waals surface area contributed by atoms with Gasteiger partial charge in [0.2, 0.25) is 0 Å². The van der Waals surface area contributed by atoms with Gasteiger partial charge in [0.05, 0.1) is 43.7 Å².